The van der Waals surface area contributed by atoms with Crippen molar-refractivity contribution in [3.05, 3.63) is 122 Å². The summed E-state index contributed by atoms with van der Waals surface area (Å²) in [6.07, 6.45) is 86.1. The summed E-state index contributed by atoms with van der Waals surface area (Å²) in [5, 5.41) is 13.9. The molecule has 0 fully saturated rings. The molecule has 0 rings (SSSR count). The van der Waals surface area contributed by atoms with Crippen molar-refractivity contribution in [3.63, 3.8) is 0 Å². The van der Waals surface area contributed by atoms with Crippen LogP contribution in [-0.4, -0.2) is 73.4 Å². The van der Waals surface area contributed by atoms with Crippen molar-refractivity contribution in [3.8, 4) is 0 Å². The standard InChI is InChI=1S/C68H119N2O6P/c1-6-8-10-12-14-16-18-20-22-24-26-27-28-29-30-31-32-33-34-35-36-37-38-39-40-41-42-43-44-46-48-50-52-54-56-58-60-62-68(72)69-66(65-76-77(73,74)75-64-63-70(3,4)5)67(71)61-59-57-55-53-51-49-47-45-25-23-21-19-17-15-13-11-9-7-2/h8,10,14,16,20,22,25-27,29-30,32-33,35-36,45,51,53,59,61,66-67,71H,6-7,9,11-13,15,17-19,21,23-24,28,31,34,37-44,46-50,52,54-58,60,62-65H2,1-5H3,(H-,69,72,73,74)/p+1/b10-8-,16-14-,22-20-,27-26-,30-29-,33-32-,36-35-,45-25+,53-51+,61-59+. The normalized spacial score (nSPS) is 14.6. The van der Waals surface area contributed by atoms with Crippen molar-refractivity contribution in [2.75, 3.05) is 40.9 Å². The molecule has 9 heteroatoms. The molecule has 3 atom stereocenters. The van der Waals surface area contributed by atoms with E-state index in [9.17, 15) is 19.4 Å². The molecule has 0 aromatic carbocycles. The van der Waals surface area contributed by atoms with Crippen LogP contribution in [-0.2, 0) is 18.4 Å². The Hall–Kier alpha value is -3.10. The van der Waals surface area contributed by atoms with Gasteiger partial charge in [-0.25, -0.2) is 4.57 Å². The second-order valence-corrected chi connectivity index (χ2v) is 23.5. The van der Waals surface area contributed by atoms with Crippen molar-refractivity contribution in [2.45, 2.75) is 264 Å². The first kappa shape index (κ1) is 73.9. The Labute approximate surface area is 475 Å². The Kier molecular flexibility index (Phi) is 55.3. The molecule has 442 valence electrons. The fourth-order valence-corrected chi connectivity index (χ4v) is 9.26. The van der Waals surface area contributed by atoms with Crippen LogP contribution in [0.4, 0.5) is 0 Å². The number of likely N-dealkylation sites (N-methyl/N-ethyl adjacent to an activating group) is 1. The van der Waals surface area contributed by atoms with E-state index in [-0.39, 0.29) is 19.1 Å². The van der Waals surface area contributed by atoms with Gasteiger partial charge in [0, 0.05) is 6.42 Å². The van der Waals surface area contributed by atoms with Gasteiger partial charge in [0.1, 0.15) is 13.2 Å². The quantitative estimate of drug-likeness (QED) is 0.0243. The largest absolute Gasteiger partial charge is 0.472 e. The summed E-state index contributed by atoms with van der Waals surface area (Å²) in [7, 11) is 1.54. The van der Waals surface area contributed by atoms with Crippen LogP contribution in [0.1, 0.15) is 251 Å². The van der Waals surface area contributed by atoms with Crippen LogP contribution in [0.25, 0.3) is 0 Å². The lowest BCUT2D eigenvalue weighted by atomic mass is 10.0. The van der Waals surface area contributed by atoms with Crippen LogP contribution in [0.3, 0.4) is 0 Å². The monoisotopic (exact) mass is 1090 g/mol. The number of phosphoric acid groups is 1. The molecule has 3 N–H and O–H groups in total. The van der Waals surface area contributed by atoms with Crippen LogP contribution in [0, 0.1) is 0 Å². The van der Waals surface area contributed by atoms with Gasteiger partial charge in [0.2, 0.25) is 5.91 Å². The predicted octanol–water partition coefficient (Wildman–Crippen LogP) is 19.7. The molecule has 0 radical (unpaired) electrons. The van der Waals surface area contributed by atoms with Gasteiger partial charge in [-0.3, -0.25) is 13.8 Å². The summed E-state index contributed by atoms with van der Waals surface area (Å²) in [5.41, 5.74) is 0. The van der Waals surface area contributed by atoms with Crippen LogP contribution in [0.5, 0.6) is 0 Å². The van der Waals surface area contributed by atoms with Crippen LogP contribution in [0.2, 0.25) is 0 Å². The van der Waals surface area contributed by atoms with E-state index >= 15 is 0 Å². The summed E-state index contributed by atoms with van der Waals surface area (Å²) in [4.78, 5) is 23.3. The number of nitrogens with zero attached hydrogens (tertiary/aromatic N) is 1. The molecule has 0 aromatic rings. The first-order valence-electron chi connectivity index (χ1n) is 31.4. The third kappa shape index (κ3) is 60.4. The summed E-state index contributed by atoms with van der Waals surface area (Å²) in [6.45, 7) is 4.67. The third-order valence-corrected chi connectivity index (χ3v) is 14.4. The Bertz CT molecular complexity index is 1670. The van der Waals surface area contributed by atoms with Crippen LogP contribution in [0.15, 0.2) is 122 Å². The van der Waals surface area contributed by atoms with E-state index in [1.807, 2.05) is 27.2 Å². The van der Waals surface area contributed by atoms with E-state index in [0.29, 0.717) is 17.4 Å². The molecule has 1 amide bonds. The van der Waals surface area contributed by atoms with E-state index in [1.54, 1.807) is 6.08 Å². The number of carbonyl (C=O) groups is 1. The minimum atomic E-state index is -4.37. The number of aliphatic hydroxyl groups excluding tert-OH is 1. The second-order valence-electron chi connectivity index (χ2n) is 22.0. The molecule has 0 aliphatic rings. The van der Waals surface area contributed by atoms with E-state index in [4.69, 9.17) is 9.05 Å². The molecule has 0 aliphatic heterocycles. The summed E-state index contributed by atoms with van der Waals surface area (Å²) in [5.74, 6) is -0.194. The van der Waals surface area contributed by atoms with E-state index < -0.39 is 20.0 Å². The van der Waals surface area contributed by atoms with Gasteiger partial charge >= 0.3 is 7.82 Å². The van der Waals surface area contributed by atoms with Crippen molar-refractivity contribution in [1.82, 2.24) is 5.32 Å². The van der Waals surface area contributed by atoms with Gasteiger partial charge in [-0.2, -0.15) is 0 Å². The number of amides is 1. The average Bonchev–Trinajstić information content (AvgIpc) is 3.39. The minimum absolute atomic E-state index is 0.0491. The number of unbranched alkanes of at least 4 members (excludes halogenated alkanes) is 25. The number of aliphatic hydroxyl groups is 1. The SMILES string of the molecule is CC/C=C\C/C=C\C/C=C\C/C=C\C/C=C\C/C=C\C/C=C\CCCCCCCCCCCCCCCCCC(=O)NC(COP(=O)(O)OCC[N+](C)(C)C)C(O)/C=C/CC/C=C/CC/C=C/CCCCCCCCCC. The Morgan fingerprint density at radius 1 is 0.455 bits per heavy atom. The molecule has 0 bridgehead atoms. The highest BCUT2D eigenvalue weighted by atomic mass is 31.2. The molecule has 0 aromatic heterocycles. The highest BCUT2D eigenvalue weighted by molar-refractivity contribution is 7.47. The number of hydrogen-bond acceptors (Lipinski definition) is 5. The first-order chi connectivity index (χ1) is 37.5. The minimum Gasteiger partial charge on any atom is -0.387 e. The molecule has 0 aliphatic carbocycles. The third-order valence-electron chi connectivity index (χ3n) is 13.4. The van der Waals surface area contributed by atoms with Gasteiger partial charge in [0.15, 0.2) is 0 Å². The zero-order valence-corrected chi connectivity index (χ0v) is 51.3. The van der Waals surface area contributed by atoms with Crippen LogP contribution >= 0.6 is 7.82 Å². The summed E-state index contributed by atoms with van der Waals surface area (Å²) < 4.78 is 23.7. The number of allylic oxidation sites excluding steroid dienone is 19. The van der Waals surface area contributed by atoms with Gasteiger partial charge < -0.3 is 19.8 Å². The average molecular weight is 1090 g/mol. The molecule has 3 unspecified atom stereocenters. The maximum Gasteiger partial charge on any atom is 0.472 e. The van der Waals surface area contributed by atoms with Crippen molar-refractivity contribution in [1.29, 1.82) is 0 Å². The molecule has 0 saturated heterocycles. The first-order valence-corrected chi connectivity index (χ1v) is 32.9. The molecule has 0 saturated carbocycles. The predicted molar refractivity (Wildman–Crippen MR) is 336 cm³/mol. The topological polar surface area (TPSA) is 105 Å². The Morgan fingerprint density at radius 3 is 1.19 bits per heavy atom. The highest BCUT2D eigenvalue weighted by Gasteiger charge is 2.27. The molecule has 0 spiro atoms. The molecule has 0 heterocycles. The molecular weight excluding hydrogens is 972 g/mol. The maximum atomic E-state index is 13.0. The van der Waals surface area contributed by atoms with Gasteiger partial charge in [0.25, 0.3) is 0 Å². The number of hydrogen-bond donors (Lipinski definition) is 3. The zero-order valence-electron chi connectivity index (χ0n) is 50.4. The van der Waals surface area contributed by atoms with Gasteiger partial charge in [-0.1, -0.05) is 264 Å². The molecule has 8 nitrogen and oxygen atoms in total. The number of rotatable bonds is 56. The van der Waals surface area contributed by atoms with Gasteiger partial charge in [-0.05, 0) is 103 Å². The second kappa shape index (κ2) is 57.6. The van der Waals surface area contributed by atoms with E-state index in [2.05, 4.69) is 129 Å². The molecular formula is C68H120N2O6P+. The number of quaternary nitrogens is 1. The Morgan fingerprint density at radius 2 is 0.792 bits per heavy atom. The highest BCUT2D eigenvalue weighted by Crippen LogP contribution is 2.43. The number of nitrogens with one attached hydrogen (secondary N) is 1. The Balaban J connectivity index is 4.12. The number of carbonyl (C=O) groups excluding carboxylic acids is 1. The van der Waals surface area contributed by atoms with Crippen molar-refractivity contribution < 1.29 is 32.9 Å². The fourth-order valence-electron chi connectivity index (χ4n) is 8.53. The van der Waals surface area contributed by atoms with Crippen molar-refractivity contribution >= 4 is 13.7 Å². The zero-order chi connectivity index (χ0) is 56.3. The lowest BCUT2D eigenvalue weighted by molar-refractivity contribution is -0.870. The fraction of sp³-hybridized carbons (Fsp3) is 0.691. The summed E-state index contributed by atoms with van der Waals surface area (Å²) in [6, 6.07) is -0.877. The lowest BCUT2D eigenvalue weighted by Gasteiger charge is -2.25. The summed E-state index contributed by atoms with van der Waals surface area (Å²) >= 11 is 0. The van der Waals surface area contributed by atoms with E-state index in [0.717, 1.165) is 89.9 Å². The van der Waals surface area contributed by atoms with Gasteiger partial charge in [0.05, 0.1) is 39.9 Å². The van der Waals surface area contributed by atoms with Crippen molar-refractivity contribution in [2.24, 2.45) is 0 Å². The van der Waals surface area contributed by atoms with Crippen LogP contribution < -0.4 is 5.32 Å². The number of phosphoric ester groups is 1. The van der Waals surface area contributed by atoms with Gasteiger partial charge in [-0.15, -0.1) is 0 Å². The molecule has 77 heavy (non-hydrogen) atoms. The lowest BCUT2D eigenvalue weighted by Crippen LogP contribution is -2.45. The smallest absolute Gasteiger partial charge is 0.387 e. The maximum absolute atomic E-state index is 13.0. The van der Waals surface area contributed by atoms with E-state index in [1.165, 1.54) is 141 Å².